The van der Waals surface area contributed by atoms with Crippen molar-refractivity contribution in [2.45, 2.75) is 70.6 Å². The Labute approximate surface area is 155 Å². The van der Waals surface area contributed by atoms with Gasteiger partial charge in [0.25, 0.3) is 0 Å². The summed E-state index contributed by atoms with van der Waals surface area (Å²) in [7, 11) is 0. The molecule has 1 saturated heterocycles. The predicted octanol–water partition coefficient (Wildman–Crippen LogP) is 3.71. The van der Waals surface area contributed by atoms with Gasteiger partial charge in [-0.2, -0.15) is 0 Å². The van der Waals surface area contributed by atoms with Crippen LogP contribution in [0.3, 0.4) is 0 Å². The molecule has 0 aromatic heterocycles. The van der Waals surface area contributed by atoms with Gasteiger partial charge >= 0.3 is 6.03 Å². The largest absolute Gasteiger partial charge is 0.487 e. The standard InChI is InChI=1S/C20H31FN2O3/c1-15(7-6-12-20(2,3)25)22-19(24)23-13-10-16(11-14-23)26-18-9-5-4-8-17(18)21/h4-5,8-9,15-16,25H,6-7,10-14H2,1-3H3,(H,22,24)/t15-/m1/s1. The topological polar surface area (TPSA) is 61.8 Å². The first-order valence-electron chi connectivity index (χ1n) is 9.43. The molecule has 1 aliphatic rings. The van der Waals surface area contributed by atoms with E-state index in [2.05, 4.69) is 5.32 Å². The molecular formula is C20H31FN2O3. The van der Waals surface area contributed by atoms with Crippen LogP contribution in [0.25, 0.3) is 0 Å². The number of hydrogen-bond acceptors (Lipinski definition) is 3. The number of halogens is 1. The molecular weight excluding hydrogens is 335 g/mol. The second kappa shape index (κ2) is 9.21. The number of hydrogen-bond donors (Lipinski definition) is 2. The molecule has 1 aliphatic heterocycles. The van der Waals surface area contributed by atoms with E-state index < -0.39 is 5.60 Å². The Morgan fingerprint density at radius 3 is 2.65 bits per heavy atom. The van der Waals surface area contributed by atoms with Crippen LogP contribution in [0.5, 0.6) is 5.75 Å². The lowest BCUT2D eigenvalue weighted by Gasteiger charge is -2.33. The zero-order valence-electron chi connectivity index (χ0n) is 16.0. The van der Waals surface area contributed by atoms with Gasteiger partial charge in [0, 0.05) is 32.0 Å². The van der Waals surface area contributed by atoms with Gasteiger partial charge in [-0.25, -0.2) is 9.18 Å². The molecule has 0 unspecified atom stereocenters. The molecule has 1 atom stereocenters. The van der Waals surface area contributed by atoms with Gasteiger partial charge in [-0.1, -0.05) is 12.1 Å². The van der Waals surface area contributed by atoms with Crippen molar-refractivity contribution in [3.63, 3.8) is 0 Å². The van der Waals surface area contributed by atoms with Crippen molar-refractivity contribution in [1.82, 2.24) is 10.2 Å². The van der Waals surface area contributed by atoms with E-state index in [0.29, 0.717) is 32.4 Å². The minimum Gasteiger partial charge on any atom is -0.487 e. The summed E-state index contributed by atoms with van der Waals surface area (Å²) in [6, 6.07) is 6.40. The maximum Gasteiger partial charge on any atom is 0.317 e. The van der Waals surface area contributed by atoms with E-state index >= 15 is 0 Å². The van der Waals surface area contributed by atoms with E-state index in [-0.39, 0.29) is 29.7 Å². The summed E-state index contributed by atoms with van der Waals surface area (Å²) in [5, 5.41) is 12.7. The van der Waals surface area contributed by atoms with Gasteiger partial charge in [0.05, 0.1) is 5.60 Å². The van der Waals surface area contributed by atoms with E-state index in [4.69, 9.17) is 4.74 Å². The van der Waals surface area contributed by atoms with Crippen LogP contribution in [0.1, 0.15) is 52.9 Å². The molecule has 1 heterocycles. The van der Waals surface area contributed by atoms with Crippen LogP contribution < -0.4 is 10.1 Å². The van der Waals surface area contributed by atoms with Gasteiger partial charge in [0.2, 0.25) is 0 Å². The zero-order chi connectivity index (χ0) is 19.2. The second-order valence-electron chi connectivity index (χ2n) is 7.79. The van der Waals surface area contributed by atoms with Crippen LogP contribution in [0, 0.1) is 5.82 Å². The molecule has 1 aromatic rings. The molecule has 0 spiro atoms. The molecule has 1 aromatic carbocycles. The Balaban J connectivity index is 1.70. The molecule has 2 rings (SSSR count). The zero-order valence-corrected chi connectivity index (χ0v) is 16.0. The molecule has 0 aliphatic carbocycles. The maximum atomic E-state index is 13.7. The minimum absolute atomic E-state index is 0.0647. The summed E-state index contributed by atoms with van der Waals surface area (Å²) < 4.78 is 19.4. The number of urea groups is 1. The molecule has 2 N–H and O–H groups in total. The minimum atomic E-state index is -0.663. The number of likely N-dealkylation sites (tertiary alicyclic amines) is 1. The third-order valence-electron chi connectivity index (χ3n) is 4.66. The number of carbonyl (C=O) groups is 1. The summed E-state index contributed by atoms with van der Waals surface area (Å²) in [5.41, 5.74) is -0.663. The number of para-hydroxylation sites is 1. The maximum absolute atomic E-state index is 13.7. The summed E-state index contributed by atoms with van der Waals surface area (Å²) in [6.45, 7) is 6.77. The summed E-state index contributed by atoms with van der Waals surface area (Å²) in [4.78, 5) is 14.1. The van der Waals surface area contributed by atoms with E-state index in [0.717, 1.165) is 12.8 Å². The Hall–Kier alpha value is -1.82. The average Bonchev–Trinajstić information content (AvgIpc) is 2.56. The molecule has 26 heavy (non-hydrogen) atoms. The Morgan fingerprint density at radius 2 is 2.04 bits per heavy atom. The van der Waals surface area contributed by atoms with E-state index in [9.17, 15) is 14.3 Å². The third-order valence-corrected chi connectivity index (χ3v) is 4.66. The molecule has 0 bridgehead atoms. The quantitative estimate of drug-likeness (QED) is 0.773. The first-order chi connectivity index (χ1) is 12.2. The Kier molecular flexibility index (Phi) is 7.26. The number of amides is 2. The normalized spacial score (nSPS) is 17.0. The molecule has 6 heteroatoms. The van der Waals surface area contributed by atoms with Gasteiger partial charge in [-0.05, 0) is 52.2 Å². The summed E-state index contributed by atoms with van der Waals surface area (Å²) in [5.74, 6) is -0.0802. The highest BCUT2D eigenvalue weighted by Crippen LogP contribution is 2.22. The summed E-state index contributed by atoms with van der Waals surface area (Å²) >= 11 is 0. The monoisotopic (exact) mass is 366 g/mol. The van der Waals surface area contributed by atoms with Crippen molar-refractivity contribution in [3.05, 3.63) is 30.1 Å². The van der Waals surface area contributed by atoms with Crippen LogP contribution in [0.2, 0.25) is 0 Å². The van der Waals surface area contributed by atoms with Crippen LogP contribution >= 0.6 is 0 Å². The number of piperidine rings is 1. The van der Waals surface area contributed by atoms with Crippen LogP contribution in [0.4, 0.5) is 9.18 Å². The van der Waals surface area contributed by atoms with Crippen molar-refractivity contribution in [3.8, 4) is 5.75 Å². The lowest BCUT2D eigenvalue weighted by Crippen LogP contribution is -2.48. The molecule has 1 fully saturated rings. The Bertz CT molecular complexity index is 581. The molecule has 5 nitrogen and oxygen atoms in total. The fourth-order valence-corrected chi connectivity index (χ4v) is 3.11. The number of aliphatic hydroxyl groups is 1. The second-order valence-corrected chi connectivity index (χ2v) is 7.79. The molecule has 146 valence electrons. The number of rotatable bonds is 7. The molecule has 0 radical (unpaired) electrons. The lowest BCUT2D eigenvalue weighted by molar-refractivity contribution is 0.0675. The van der Waals surface area contributed by atoms with Gasteiger partial charge in [0.1, 0.15) is 6.10 Å². The lowest BCUT2D eigenvalue weighted by atomic mass is 10.00. The smallest absolute Gasteiger partial charge is 0.317 e. The van der Waals surface area contributed by atoms with Crippen LogP contribution in [-0.2, 0) is 0 Å². The van der Waals surface area contributed by atoms with Crippen LogP contribution in [0.15, 0.2) is 24.3 Å². The van der Waals surface area contributed by atoms with E-state index in [1.807, 2.05) is 6.92 Å². The van der Waals surface area contributed by atoms with Gasteiger partial charge in [0.15, 0.2) is 11.6 Å². The third kappa shape index (κ3) is 6.83. The number of nitrogens with one attached hydrogen (secondary N) is 1. The fourth-order valence-electron chi connectivity index (χ4n) is 3.11. The molecule has 2 amide bonds. The average molecular weight is 366 g/mol. The SMILES string of the molecule is C[C@H](CCCC(C)(C)O)NC(=O)N1CCC(Oc2ccccc2F)CC1. The number of ether oxygens (including phenoxy) is 1. The van der Waals surface area contributed by atoms with Crippen molar-refractivity contribution in [2.75, 3.05) is 13.1 Å². The predicted molar refractivity (Wildman–Crippen MR) is 99.8 cm³/mol. The first kappa shape index (κ1) is 20.5. The highest BCUT2D eigenvalue weighted by Gasteiger charge is 2.25. The van der Waals surface area contributed by atoms with Gasteiger partial charge < -0.3 is 20.1 Å². The number of nitrogens with zero attached hydrogens (tertiary/aromatic N) is 1. The molecule has 0 saturated carbocycles. The highest BCUT2D eigenvalue weighted by atomic mass is 19.1. The number of carbonyl (C=O) groups excluding carboxylic acids is 1. The Morgan fingerprint density at radius 1 is 1.38 bits per heavy atom. The fraction of sp³-hybridized carbons (Fsp3) is 0.650. The van der Waals surface area contributed by atoms with E-state index in [1.54, 1.807) is 36.9 Å². The van der Waals surface area contributed by atoms with Crippen molar-refractivity contribution in [2.24, 2.45) is 0 Å². The van der Waals surface area contributed by atoms with Crippen LogP contribution in [-0.4, -0.2) is 46.9 Å². The number of benzene rings is 1. The van der Waals surface area contributed by atoms with Crippen molar-refractivity contribution >= 4 is 6.03 Å². The van der Waals surface area contributed by atoms with E-state index in [1.165, 1.54) is 6.07 Å². The highest BCUT2D eigenvalue weighted by molar-refractivity contribution is 5.74. The van der Waals surface area contributed by atoms with Gasteiger partial charge in [-0.15, -0.1) is 0 Å². The van der Waals surface area contributed by atoms with Gasteiger partial charge in [-0.3, -0.25) is 0 Å². The van der Waals surface area contributed by atoms with Crippen molar-refractivity contribution in [1.29, 1.82) is 0 Å². The van der Waals surface area contributed by atoms with Crippen molar-refractivity contribution < 1.29 is 19.0 Å². The first-order valence-corrected chi connectivity index (χ1v) is 9.43. The summed E-state index contributed by atoms with van der Waals surface area (Å²) in [6.07, 6.45) is 3.72.